The maximum absolute atomic E-state index is 12.7. The molecule has 0 saturated heterocycles. The molecule has 0 aromatic carbocycles. The highest BCUT2D eigenvalue weighted by Gasteiger charge is 2.57. The Kier molecular flexibility index (Phi) is 5.18. The average molecular weight is 376 g/mol. The van der Waals surface area contributed by atoms with Crippen LogP contribution in [0, 0.1) is 23.7 Å². The highest BCUT2D eigenvalue weighted by molar-refractivity contribution is 7.10. The molecule has 1 aromatic heterocycles. The van der Waals surface area contributed by atoms with Crippen LogP contribution in [0.3, 0.4) is 0 Å². The third-order valence-electron chi connectivity index (χ3n) is 5.57. The second-order valence-corrected chi connectivity index (χ2v) is 8.23. The molecule has 2 aliphatic rings. The SMILES string of the molecule is CCc1cc(C(=O)NNC(=O)[C@H]2[C@@H](C(=O)O)[C@H]3CC[C@@H]2C3=C(C)C)cs1. The molecule has 0 spiro atoms. The van der Waals surface area contributed by atoms with Gasteiger partial charge in [-0.2, -0.15) is 0 Å². The first kappa shape index (κ1) is 18.6. The highest BCUT2D eigenvalue weighted by Crippen LogP contribution is 2.57. The smallest absolute Gasteiger partial charge is 0.307 e. The molecule has 6 nitrogen and oxygen atoms in total. The zero-order chi connectivity index (χ0) is 19.0. The third kappa shape index (κ3) is 3.16. The zero-order valence-electron chi connectivity index (χ0n) is 15.2. The lowest BCUT2D eigenvalue weighted by Gasteiger charge is -2.26. The molecule has 7 heteroatoms. The third-order valence-corrected chi connectivity index (χ3v) is 6.65. The molecule has 1 heterocycles. The molecule has 140 valence electrons. The van der Waals surface area contributed by atoms with Crippen LogP contribution in [0.25, 0.3) is 0 Å². The van der Waals surface area contributed by atoms with Gasteiger partial charge in [0.15, 0.2) is 0 Å². The van der Waals surface area contributed by atoms with Crippen LogP contribution in [-0.2, 0) is 16.0 Å². The van der Waals surface area contributed by atoms with Gasteiger partial charge in [-0.05, 0) is 51.0 Å². The summed E-state index contributed by atoms with van der Waals surface area (Å²) in [5.41, 5.74) is 7.62. The molecule has 2 amide bonds. The molecule has 0 unspecified atom stereocenters. The number of allylic oxidation sites excluding steroid dienone is 2. The van der Waals surface area contributed by atoms with E-state index >= 15 is 0 Å². The molecule has 1 aromatic rings. The number of hydrazine groups is 1. The van der Waals surface area contributed by atoms with Gasteiger partial charge in [-0.25, -0.2) is 0 Å². The van der Waals surface area contributed by atoms with Gasteiger partial charge in [0, 0.05) is 10.3 Å². The first-order valence-corrected chi connectivity index (χ1v) is 9.80. The van der Waals surface area contributed by atoms with E-state index in [4.69, 9.17) is 0 Å². The minimum absolute atomic E-state index is 0.0455. The number of carboxylic acid groups (broad SMARTS) is 1. The zero-order valence-corrected chi connectivity index (χ0v) is 16.0. The van der Waals surface area contributed by atoms with Crippen molar-refractivity contribution in [2.24, 2.45) is 23.7 Å². The number of carbonyl (C=O) groups excluding carboxylic acids is 2. The Hall–Kier alpha value is -2.15. The minimum Gasteiger partial charge on any atom is -0.481 e. The Balaban J connectivity index is 1.71. The number of hydrogen-bond donors (Lipinski definition) is 3. The molecular weight excluding hydrogens is 352 g/mol. The van der Waals surface area contributed by atoms with Gasteiger partial charge in [0.2, 0.25) is 5.91 Å². The Morgan fingerprint density at radius 1 is 1.15 bits per heavy atom. The number of fused-ring (bicyclic) bond motifs is 2. The topological polar surface area (TPSA) is 95.5 Å². The van der Waals surface area contributed by atoms with Crippen molar-refractivity contribution in [2.45, 2.75) is 40.0 Å². The van der Waals surface area contributed by atoms with E-state index in [1.54, 1.807) is 11.4 Å². The maximum atomic E-state index is 12.7. The molecular formula is C19H24N2O4S. The van der Waals surface area contributed by atoms with Crippen molar-refractivity contribution >= 4 is 29.1 Å². The predicted octanol–water partition coefficient (Wildman–Crippen LogP) is 2.76. The lowest BCUT2D eigenvalue weighted by atomic mass is 9.79. The lowest BCUT2D eigenvalue weighted by Crippen LogP contribution is -2.48. The van der Waals surface area contributed by atoms with Crippen LogP contribution in [0.1, 0.15) is 48.8 Å². The van der Waals surface area contributed by atoms with E-state index in [0.29, 0.717) is 5.56 Å². The number of thiophene rings is 1. The molecule has 26 heavy (non-hydrogen) atoms. The Morgan fingerprint density at radius 2 is 1.81 bits per heavy atom. The van der Waals surface area contributed by atoms with Crippen molar-refractivity contribution in [2.75, 3.05) is 0 Å². The first-order valence-electron chi connectivity index (χ1n) is 8.92. The number of aryl methyl sites for hydroxylation is 1. The van der Waals surface area contributed by atoms with Crippen molar-refractivity contribution in [1.29, 1.82) is 0 Å². The molecule has 4 atom stereocenters. The Labute approximate surface area is 156 Å². The highest BCUT2D eigenvalue weighted by atomic mass is 32.1. The summed E-state index contributed by atoms with van der Waals surface area (Å²) in [6, 6.07) is 1.80. The summed E-state index contributed by atoms with van der Waals surface area (Å²) < 4.78 is 0. The number of carboxylic acids is 1. The van der Waals surface area contributed by atoms with Gasteiger partial charge in [-0.15, -0.1) is 11.3 Å². The fourth-order valence-electron chi connectivity index (χ4n) is 4.56. The minimum atomic E-state index is -0.937. The summed E-state index contributed by atoms with van der Waals surface area (Å²) in [5.74, 6) is -3.20. The summed E-state index contributed by atoms with van der Waals surface area (Å²) in [5, 5.41) is 11.4. The van der Waals surface area contributed by atoms with Crippen molar-refractivity contribution in [3.05, 3.63) is 33.0 Å². The van der Waals surface area contributed by atoms with E-state index in [-0.39, 0.29) is 17.7 Å². The van der Waals surface area contributed by atoms with Gasteiger partial charge in [0.05, 0.1) is 17.4 Å². The number of rotatable bonds is 4. The molecule has 2 aliphatic carbocycles. The van der Waals surface area contributed by atoms with Gasteiger partial charge in [-0.1, -0.05) is 18.1 Å². The van der Waals surface area contributed by atoms with Crippen molar-refractivity contribution < 1.29 is 19.5 Å². The van der Waals surface area contributed by atoms with Crippen LogP contribution >= 0.6 is 11.3 Å². The maximum Gasteiger partial charge on any atom is 0.307 e. The number of amides is 2. The van der Waals surface area contributed by atoms with Crippen LogP contribution in [0.2, 0.25) is 0 Å². The fourth-order valence-corrected chi connectivity index (χ4v) is 5.38. The summed E-state index contributed by atoms with van der Waals surface area (Å²) in [6.45, 7) is 5.96. The number of aliphatic carboxylic acids is 1. The molecule has 3 N–H and O–H groups in total. The number of carbonyl (C=O) groups is 3. The van der Waals surface area contributed by atoms with E-state index in [0.717, 1.165) is 35.3 Å². The van der Waals surface area contributed by atoms with E-state index in [2.05, 4.69) is 10.9 Å². The van der Waals surface area contributed by atoms with Crippen LogP contribution < -0.4 is 10.9 Å². The van der Waals surface area contributed by atoms with Crippen molar-refractivity contribution in [3.63, 3.8) is 0 Å². The van der Waals surface area contributed by atoms with E-state index in [9.17, 15) is 19.5 Å². The summed E-state index contributed by atoms with van der Waals surface area (Å²) in [4.78, 5) is 37.8. The number of hydrogen-bond acceptors (Lipinski definition) is 4. The van der Waals surface area contributed by atoms with Crippen LogP contribution in [-0.4, -0.2) is 22.9 Å². The van der Waals surface area contributed by atoms with Crippen LogP contribution in [0.4, 0.5) is 0 Å². The second kappa shape index (κ2) is 7.23. The van der Waals surface area contributed by atoms with Crippen LogP contribution in [0.5, 0.6) is 0 Å². The van der Waals surface area contributed by atoms with E-state index in [1.165, 1.54) is 11.3 Å². The van der Waals surface area contributed by atoms with Gasteiger partial charge < -0.3 is 5.11 Å². The molecule has 2 fully saturated rings. The largest absolute Gasteiger partial charge is 0.481 e. The lowest BCUT2D eigenvalue weighted by molar-refractivity contribution is -0.149. The molecule has 2 saturated carbocycles. The summed E-state index contributed by atoms with van der Waals surface area (Å²) in [7, 11) is 0. The van der Waals surface area contributed by atoms with E-state index in [1.807, 2.05) is 20.8 Å². The first-order chi connectivity index (χ1) is 12.3. The summed E-state index contributed by atoms with van der Waals surface area (Å²) in [6.07, 6.45) is 2.49. The second-order valence-electron chi connectivity index (χ2n) is 7.23. The van der Waals surface area contributed by atoms with E-state index < -0.39 is 23.7 Å². The predicted molar refractivity (Wildman–Crippen MR) is 98.5 cm³/mol. The molecule has 2 bridgehead atoms. The van der Waals surface area contributed by atoms with Gasteiger partial charge >= 0.3 is 5.97 Å². The van der Waals surface area contributed by atoms with Crippen molar-refractivity contribution in [1.82, 2.24) is 10.9 Å². The Bertz CT molecular complexity index is 778. The van der Waals surface area contributed by atoms with Gasteiger partial charge in [-0.3, -0.25) is 25.2 Å². The monoisotopic (exact) mass is 376 g/mol. The average Bonchev–Trinajstić information content (AvgIpc) is 3.30. The number of nitrogens with one attached hydrogen (secondary N) is 2. The van der Waals surface area contributed by atoms with Crippen LogP contribution in [0.15, 0.2) is 22.6 Å². The van der Waals surface area contributed by atoms with Gasteiger partial charge in [0.25, 0.3) is 5.91 Å². The molecule has 0 aliphatic heterocycles. The standard InChI is InChI=1S/C19H24N2O4S/c1-4-11-7-10(8-26-11)17(22)20-21-18(23)15-12-5-6-13(14(12)9(2)3)16(15)19(24)25/h7-8,12-13,15-16H,4-6H2,1-3H3,(H,20,22)(H,21,23)(H,24,25)/t12-,13+,15-,16+/m1/s1. The Morgan fingerprint density at radius 3 is 2.35 bits per heavy atom. The quantitative estimate of drug-likeness (QED) is 0.556. The normalized spacial score (nSPS) is 26.7. The molecule has 3 rings (SSSR count). The summed E-state index contributed by atoms with van der Waals surface area (Å²) >= 11 is 1.50. The van der Waals surface area contributed by atoms with Crippen molar-refractivity contribution in [3.8, 4) is 0 Å². The fraction of sp³-hybridized carbons (Fsp3) is 0.526. The molecule has 0 radical (unpaired) electrons. The van der Waals surface area contributed by atoms with Gasteiger partial charge in [0.1, 0.15) is 0 Å².